The first kappa shape index (κ1) is 16.9. The van der Waals surface area contributed by atoms with Gasteiger partial charge in [-0.3, -0.25) is 0 Å². The van der Waals surface area contributed by atoms with Crippen molar-refractivity contribution in [2.75, 3.05) is 38.7 Å². The van der Waals surface area contributed by atoms with Gasteiger partial charge in [-0.05, 0) is 25.0 Å². The molecule has 1 aliphatic heterocycles. The van der Waals surface area contributed by atoms with Gasteiger partial charge in [0.1, 0.15) is 0 Å². The fraction of sp³-hybridized carbons (Fsp3) is 0.562. The first-order chi connectivity index (χ1) is 10.6. The van der Waals surface area contributed by atoms with Gasteiger partial charge in [0, 0.05) is 26.1 Å². The van der Waals surface area contributed by atoms with Crippen LogP contribution in [-0.2, 0) is 4.74 Å². The average Bonchev–Trinajstić information content (AvgIpc) is 2.99. The molecule has 1 atom stereocenters. The number of hydrogen-bond acceptors (Lipinski definition) is 3. The predicted molar refractivity (Wildman–Crippen MR) is 87.8 cm³/mol. The van der Waals surface area contributed by atoms with Crippen LogP contribution in [0, 0.1) is 5.92 Å². The molecule has 1 heterocycles. The maximum Gasteiger partial charge on any atom is 0.321 e. The molecule has 1 saturated heterocycles. The highest BCUT2D eigenvalue weighted by atomic mass is 35.5. The van der Waals surface area contributed by atoms with Crippen molar-refractivity contribution in [2.45, 2.75) is 19.8 Å². The molecule has 2 rings (SSSR count). The van der Waals surface area contributed by atoms with E-state index in [1.807, 2.05) is 6.92 Å². The van der Waals surface area contributed by atoms with E-state index in [4.69, 9.17) is 21.1 Å². The van der Waals surface area contributed by atoms with Gasteiger partial charge in [0.05, 0.1) is 23.9 Å². The lowest BCUT2D eigenvalue weighted by molar-refractivity contribution is 0.175. The molecule has 22 heavy (non-hydrogen) atoms. The highest BCUT2D eigenvalue weighted by Crippen LogP contribution is 2.33. The number of rotatable bonds is 6. The van der Waals surface area contributed by atoms with Crippen molar-refractivity contribution >= 4 is 23.3 Å². The number of nitrogens with one attached hydrogen (secondary N) is 1. The molecule has 5 nitrogen and oxygen atoms in total. The van der Waals surface area contributed by atoms with E-state index in [1.54, 1.807) is 30.1 Å². The summed E-state index contributed by atoms with van der Waals surface area (Å²) in [5, 5.41) is 3.37. The van der Waals surface area contributed by atoms with Crippen LogP contribution in [0.2, 0.25) is 5.02 Å². The van der Waals surface area contributed by atoms with Crippen LogP contribution in [-0.4, -0.2) is 44.3 Å². The second-order valence-corrected chi connectivity index (χ2v) is 5.91. The largest absolute Gasteiger partial charge is 0.490 e. The number of carbonyl (C=O) groups excluding carboxylic acids is 1. The smallest absolute Gasteiger partial charge is 0.321 e. The number of halogens is 1. The summed E-state index contributed by atoms with van der Waals surface area (Å²) in [6.45, 7) is 4.76. The maximum absolute atomic E-state index is 12.3. The molecule has 0 saturated carbocycles. The Kier molecular flexibility index (Phi) is 6.34. The summed E-state index contributed by atoms with van der Waals surface area (Å²) >= 11 is 6.16. The molecule has 6 heteroatoms. The Bertz CT molecular complexity index is 504. The second kappa shape index (κ2) is 8.25. The average molecular weight is 327 g/mol. The number of carbonyl (C=O) groups is 1. The fourth-order valence-corrected chi connectivity index (χ4v) is 2.60. The lowest BCUT2D eigenvalue weighted by atomic mass is 10.1. The van der Waals surface area contributed by atoms with Crippen LogP contribution >= 0.6 is 11.6 Å². The standard InChI is InChI=1S/C16H23ClN2O3/c1-3-8-22-15-13(17)5-4-6-14(15)18-16(20)19(2)10-12-7-9-21-11-12/h4-6,12H,3,7-11H2,1-2H3,(H,18,20). The minimum absolute atomic E-state index is 0.171. The third-order valence-corrected chi connectivity index (χ3v) is 3.86. The molecule has 1 aromatic carbocycles. The molecule has 1 aliphatic rings. The van der Waals surface area contributed by atoms with Crippen LogP contribution in [0.15, 0.2) is 18.2 Å². The highest BCUT2D eigenvalue weighted by molar-refractivity contribution is 6.32. The van der Waals surface area contributed by atoms with Crippen LogP contribution in [0.4, 0.5) is 10.5 Å². The van der Waals surface area contributed by atoms with Gasteiger partial charge in [0.2, 0.25) is 0 Å². The Hall–Kier alpha value is -1.46. The molecule has 1 aromatic rings. The Morgan fingerprint density at radius 2 is 2.36 bits per heavy atom. The monoisotopic (exact) mass is 326 g/mol. The van der Waals surface area contributed by atoms with Crippen molar-refractivity contribution in [3.8, 4) is 5.75 Å². The van der Waals surface area contributed by atoms with Crippen LogP contribution in [0.25, 0.3) is 0 Å². The van der Waals surface area contributed by atoms with Gasteiger partial charge in [-0.25, -0.2) is 4.79 Å². The molecule has 2 amide bonds. The first-order valence-electron chi connectivity index (χ1n) is 7.63. The van der Waals surface area contributed by atoms with E-state index in [0.717, 1.165) is 26.1 Å². The van der Waals surface area contributed by atoms with Gasteiger partial charge in [-0.1, -0.05) is 24.6 Å². The minimum atomic E-state index is -0.171. The van der Waals surface area contributed by atoms with Crippen molar-refractivity contribution in [2.24, 2.45) is 5.92 Å². The zero-order chi connectivity index (χ0) is 15.9. The number of anilines is 1. The fourth-order valence-electron chi connectivity index (χ4n) is 2.37. The lowest BCUT2D eigenvalue weighted by Gasteiger charge is -2.22. The molecule has 0 spiro atoms. The van der Waals surface area contributed by atoms with Crippen LogP contribution in [0.1, 0.15) is 19.8 Å². The number of nitrogens with zero attached hydrogens (tertiary/aromatic N) is 1. The van der Waals surface area contributed by atoms with E-state index >= 15 is 0 Å². The number of urea groups is 1. The highest BCUT2D eigenvalue weighted by Gasteiger charge is 2.21. The predicted octanol–water partition coefficient (Wildman–Crippen LogP) is 3.63. The zero-order valence-electron chi connectivity index (χ0n) is 13.1. The molecule has 0 bridgehead atoms. The third-order valence-electron chi connectivity index (χ3n) is 3.56. The van der Waals surface area contributed by atoms with Crippen molar-refractivity contribution in [3.05, 3.63) is 23.2 Å². The number of para-hydroxylation sites is 1. The van der Waals surface area contributed by atoms with E-state index < -0.39 is 0 Å². The maximum atomic E-state index is 12.3. The van der Waals surface area contributed by atoms with E-state index in [0.29, 0.717) is 35.5 Å². The van der Waals surface area contributed by atoms with Gasteiger partial charge in [0.25, 0.3) is 0 Å². The summed E-state index contributed by atoms with van der Waals surface area (Å²) in [5.41, 5.74) is 0.598. The van der Waals surface area contributed by atoms with E-state index in [2.05, 4.69) is 5.32 Å². The minimum Gasteiger partial charge on any atom is -0.490 e. The molecule has 0 aliphatic carbocycles. The van der Waals surface area contributed by atoms with Crippen LogP contribution < -0.4 is 10.1 Å². The summed E-state index contributed by atoms with van der Waals surface area (Å²) in [7, 11) is 1.78. The molecule has 0 radical (unpaired) electrons. The van der Waals surface area contributed by atoms with Crippen molar-refractivity contribution in [1.82, 2.24) is 4.90 Å². The summed E-state index contributed by atoms with van der Waals surface area (Å²) in [5.74, 6) is 0.933. The topological polar surface area (TPSA) is 50.8 Å². The second-order valence-electron chi connectivity index (χ2n) is 5.51. The molecular formula is C16H23ClN2O3. The van der Waals surface area contributed by atoms with E-state index in [9.17, 15) is 4.79 Å². The Balaban J connectivity index is 1.99. The van der Waals surface area contributed by atoms with Crippen LogP contribution in [0.5, 0.6) is 5.75 Å². The summed E-state index contributed by atoms with van der Waals surface area (Å²) < 4.78 is 11.0. The quantitative estimate of drug-likeness (QED) is 0.868. The number of ether oxygens (including phenoxy) is 2. The molecular weight excluding hydrogens is 304 g/mol. The Morgan fingerprint density at radius 1 is 1.55 bits per heavy atom. The van der Waals surface area contributed by atoms with Gasteiger partial charge >= 0.3 is 6.03 Å². The van der Waals surface area contributed by atoms with Gasteiger partial charge in [-0.15, -0.1) is 0 Å². The first-order valence-corrected chi connectivity index (χ1v) is 8.00. The van der Waals surface area contributed by atoms with Crippen molar-refractivity contribution < 1.29 is 14.3 Å². The van der Waals surface area contributed by atoms with E-state index in [-0.39, 0.29) is 6.03 Å². The van der Waals surface area contributed by atoms with Crippen LogP contribution in [0.3, 0.4) is 0 Å². The Morgan fingerprint density at radius 3 is 3.05 bits per heavy atom. The van der Waals surface area contributed by atoms with Gasteiger partial charge in [-0.2, -0.15) is 0 Å². The van der Waals surface area contributed by atoms with E-state index in [1.165, 1.54) is 0 Å². The third kappa shape index (κ3) is 4.52. The SMILES string of the molecule is CCCOc1c(Cl)cccc1NC(=O)N(C)CC1CCOC1. The van der Waals surface area contributed by atoms with Crippen molar-refractivity contribution in [1.29, 1.82) is 0 Å². The number of benzene rings is 1. The molecule has 122 valence electrons. The summed E-state index contributed by atoms with van der Waals surface area (Å²) in [6, 6.07) is 5.17. The molecule has 1 fully saturated rings. The number of hydrogen-bond donors (Lipinski definition) is 1. The molecule has 0 aromatic heterocycles. The summed E-state index contributed by atoms with van der Waals surface area (Å²) in [6.07, 6.45) is 1.87. The molecule has 1 unspecified atom stereocenters. The lowest BCUT2D eigenvalue weighted by Crippen LogP contribution is -2.35. The normalized spacial score (nSPS) is 17.3. The van der Waals surface area contributed by atoms with Crippen molar-refractivity contribution in [3.63, 3.8) is 0 Å². The Labute approximate surface area is 136 Å². The molecule has 1 N–H and O–H groups in total. The van der Waals surface area contributed by atoms with Gasteiger partial charge in [0.15, 0.2) is 5.75 Å². The summed E-state index contributed by atoms with van der Waals surface area (Å²) in [4.78, 5) is 14.0. The zero-order valence-corrected chi connectivity index (χ0v) is 13.9. The van der Waals surface area contributed by atoms with Gasteiger partial charge < -0.3 is 19.7 Å². The number of amides is 2.